The van der Waals surface area contributed by atoms with Gasteiger partial charge in [-0.3, -0.25) is 14.9 Å². The fraction of sp³-hybridized carbons (Fsp3) is 0.417. The van der Waals surface area contributed by atoms with E-state index in [0.717, 1.165) is 0 Å². The number of hydrogen-bond donors (Lipinski definition) is 2. The Morgan fingerprint density at radius 2 is 1.95 bits per heavy atom. The van der Waals surface area contributed by atoms with Gasteiger partial charge in [0.1, 0.15) is 6.04 Å². The quantitative estimate of drug-likeness (QED) is 0.573. The molecule has 0 fully saturated rings. The number of sulfonamides is 1. The number of para-hydroxylation sites is 1. The largest absolute Gasteiger partial charge is 0.480 e. The number of benzene rings is 1. The average Bonchev–Trinajstić information content (AvgIpc) is 2.35. The summed E-state index contributed by atoms with van der Waals surface area (Å²) in [7, 11) is -4.02. The van der Waals surface area contributed by atoms with Crippen molar-refractivity contribution in [2.24, 2.45) is 5.92 Å². The molecule has 1 atom stereocenters. The van der Waals surface area contributed by atoms with E-state index in [4.69, 9.17) is 5.11 Å². The minimum Gasteiger partial charge on any atom is -0.480 e. The summed E-state index contributed by atoms with van der Waals surface area (Å²) in [4.78, 5) is 21.2. The normalized spacial score (nSPS) is 13.1. The van der Waals surface area contributed by atoms with Gasteiger partial charge in [0.05, 0.1) is 10.7 Å². The van der Waals surface area contributed by atoms with Crippen LogP contribution in [0.5, 0.6) is 0 Å². The number of nitro groups is 1. The lowest BCUT2D eigenvalue weighted by molar-refractivity contribution is -0.385. The van der Waals surface area contributed by atoms with Crippen LogP contribution >= 0.6 is 0 Å². The van der Waals surface area contributed by atoms with E-state index >= 15 is 0 Å². The minimum absolute atomic E-state index is 0.00268. The number of carbonyl (C=O) groups is 1. The molecule has 0 amide bonds. The summed E-state index contributed by atoms with van der Waals surface area (Å²) in [5.41, 5.74) is -0.317. The molecule has 1 unspecified atom stereocenters. The van der Waals surface area contributed by atoms with E-state index in [1.807, 2.05) is 0 Å². The van der Waals surface area contributed by atoms with Gasteiger partial charge in [-0.15, -0.1) is 0 Å². The molecule has 21 heavy (non-hydrogen) atoms. The third kappa shape index (κ3) is 4.80. The highest BCUT2D eigenvalue weighted by molar-refractivity contribution is 7.88. The predicted octanol–water partition coefficient (Wildman–Crippen LogP) is 1.12. The maximum atomic E-state index is 12.0. The number of hydrogen-bond acceptors (Lipinski definition) is 5. The Labute approximate surface area is 122 Å². The summed E-state index contributed by atoms with van der Waals surface area (Å²) < 4.78 is 26.1. The van der Waals surface area contributed by atoms with E-state index in [0.29, 0.717) is 0 Å². The van der Waals surface area contributed by atoms with Gasteiger partial charge in [0.15, 0.2) is 0 Å². The van der Waals surface area contributed by atoms with Crippen molar-refractivity contribution in [3.63, 3.8) is 0 Å². The molecule has 116 valence electrons. The van der Waals surface area contributed by atoms with Crippen LogP contribution in [0.2, 0.25) is 0 Å². The van der Waals surface area contributed by atoms with Crippen molar-refractivity contribution >= 4 is 21.7 Å². The van der Waals surface area contributed by atoms with Gasteiger partial charge in [0.2, 0.25) is 10.0 Å². The van der Waals surface area contributed by atoms with Crippen molar-refractivity contribution in [3.8, 4) is 0 Å². The first-order chi connectivity index (χ1) is 9.64. The zero-order chi connectivity index (χ0) is 16.2. The van der Waals surface area contributed by atoms with Crippen molar-refractivity contribution in [1.82, 2.24) is 4.72 Å². The molecule has 8 nitrogen and oxygen atoms in total. The summed E-state index contributed by atoms with van der Waals surface area (Å²) >= 11 is 0. The summed E-state index contributed by atoms with van der Waals surface area (Å²) in [6.07, 6.45) is 0. The molecule has 0 aliphatic rings. The minimum atomic E-state index is -4.02. The fourth-order valence-electron chi connectivity index (χ4n) is 1.72. The topological polar surface area (TPSA) is 127 Å². The molecule has 0 bridgehead atoms. The first-order valence-electron chi connectivity index (χ1n) is 6.09. The van der Waals surface area contributed by atoms with Gasteiger partial charge in [-0.1, -0.05) is 32.0 Å². The average molecular weight is 316 g/mol. The maximum Gasteiger partial charge on any atom is 0.321 e. The van der Waals surface area contributed by atoms with E-state index in [9.17, 15) is 23.3 Å². The Hall–Kier alpha value is -2.00. The second-order valence-electron chi connectivity index (χ2n) is 4.82. The molecule has 1 aromatic rings. The molecule has 1 aromatic carbocycles. The molecule has 0 spiro atoms. The van der Waals surface area contributed by atoms with Crippen LogP contribution in [-0.2, 0) is 20.6 Å². The van der Waals surface area contributed by atoms with E-state index in [-0.39, 0.29) is 11.3 Å². The van der Waals surface area contributed by atoms with Gasteiger partial charge in [-0.25, -0.2) is 13.1 Å². The van der Waals surface area contributed by atoms with Crippen LogP contribution in [0.25, 0.3) is 0 Å². The lowest BCUT2D eigenvalue weighted by atomic mass is 10.1. The van der Waals surface area contributed by atoms with Crippen molar-refractivity contribution in [2.75, 3.05) is 0 Å². The van der Waals surface area contributed by atoms with Crippen LogP contribution in [0.1, 0.15) is 19.4 Å². The third-order valence-electron chi connectivity index (χ3n) is 2.77. The van der Waals surface area contributed by atoms with Crippen molar-refractivity contribution in [1.29, 1.82) is 0 Å². The second-order valence-corrected chi connectivity index (χ2v) is 6.58. The van der Waals surface area contributed by atoms with Crippen molar-refractivity contribution in [2.45, 2.75) is 25.6 Å². The first-order valence-corrected chi connectivity index (χ1v) is 7.74. The van der Waals surface area contributed by atoms with Gasteiger partial charge in [-0.2, -0.15) is 0 Å². The number of rotatable bonds is 7. The summed E-state index contributed by atoms with van der Waals surface area (Å²) in [5, 5.41) is 19.8. The Morgan fingerprint density at radius 3 is 2.43 bits per heavy atom. The standard InChI is InChI=1S/C12H16N2O6S/c1-8(2)11(12(15)16)13-21(19,20)7-9-5-3-4-6-10(9)14(17)18/h3-6,8,11,13H,7H2,1-2H3,(H,15,16). The van der Waals surface area contributed by atoms with Crippen molar-refractivity contribution in [3.05, 3.63) is 39.9 Å². The Morgan fingerprint density at radius 1 is 1.38 bits per heavy atom. The molecule has 0 radical (unpaired) electrons. The van der Waals surface area contributed by atoms with Crippen molar-refractivity contribution < 1.29 is 23.2 Å². The lowest BCUT2D eigenvalue weighted by Gasteiger charge is -2.17. The van der Waals surface area contributed by atoms with Crippen LogP contribution in [-0.4, -0.2) is 30.5 Å². The van der Waals surface area contributed by atoms with Crippen LogP contribution in [0.4, 0.5) is 5.69 Å². The monoisotopic (exact) mass is 316 g/mol. The molecule has 0 saturated heterocycles. The van der Waals surface area contributed by atoms with E-state index < -0.39 is 38.6 Å². The second kappa shape index (κ2) is 6.64. The highest BCUT2D eigenvalue weighted by Crippen LogP contribution is 2.20. The molecule has 0 aliphatic heterocycles. The molecule has 1 rings (SSSR count). The first kappa shape index (κ1) is 17.1. The Bertz CT molecular complexity index is 641. The number of nitro benzene ring substituents is 1. The van der Waals surface area contributed by atoms with Crippen LogP contribution in [0.3, 0.4) is 0 Å². The zero-order valence-electron chi connectivity index (χ0n) is 11.5. The molecule has 0 aliphatic carbocycles. The zero-order valence-corrected chi connectivity index (χ0v) is 12.3. The molecule has 0 heterocycles. The molecule has 0 aromatic heterocycles. The Balaban J connectivity index is 3.01. The summed E-state index contributed by atoms with van der Waals surface area (Å²) in [5.74, 6) is -2.40. The van der Waals surface area contributed by atoms with E-state index in [1.54, 1.807) is 13.8 Å². The van der Waals surface area contributed by atoms with E-state index in [2.05, 4.69) is 4.72 Å². The van der Waals surface area contributed by atoms with Crippen LogP contribution in [0.15, 0.2) is 24.3 Å². The van der Waals surface area contributed by atoms with Gasteiger partial charge in [-0.05, 0) is 5.92 Å². The smallest absolute Gasteiger partial charge is 0.321 e. The number of nitrogens with one attached hydrogen (secondary N) is 1. The molecular formula is C12H16N2O6S. The SMILES string of the molecule is CC(C)C(NS(=O)(=O)Cc1ccccc1[N+](=O)[O-])C(=O)O. The van der Waals surface area contributed by atoms with E-state index in [1.165, 1.54) is 24.3 Å². The molecular weight excluding hydrogens is 300 g/mol. The summed E-state index contributed by atoms with van der Waals surface area (Å²) in [6.45, 7) is 3.12. The number of aliphatic carboxylic acids is 1. The highest BCUT2D eigenvalue weighted by atomic mass is 32.2. The summed E-state index contributed by atoms with van der Waals surface area (Å²) in [6, 6.07) is 4.15. The van der Waals surface area contributed by atoms with Gasteiger partial charge < -0.3 is 5.11 Å². The number of nitrogens with zero attached hydrogens (tertiary/aromatic N) is 1. The Kier molecular flexibility index (Phi) is 5.39. The highest BCUT2D eigenvalue weighted by Gasteiger charge is 2.28. The number of carboxylic acid groups (broad SMARTS) is 1. The maximum absolute atomic E-state index is 12.0. The lowest BCUT2D eigenvalue weighted by Crippen LogP contribution is -2.44. The third-order valence-corrected chi connectivity index (χ3v) is 4.08. The number of carboxylic acids is 1. The fourth-order valence-corrected chi connectivity index (χ4v) is 3.22. The van der Waals surface area contributed by atoms with Crippen LogP contribution in [0, 0.1) is 16.0 Å². The van der Waals surface area contributed by atoms with Gasteiger partial charge >= 0.3 is 5.97 Å². The predicted molar refractivity (Wildman–Crippen MR) is 75.1 cm³/mol. The van der Waals surface area contributed by atoms with Crippen LogP contribution < -0.4 is 4.72 Å². The molecule has 9 heteroatoms. The van der Waals surface area contributed by atoms with Gasteiger partial charge in [0.25, 0.3) is 5.69 Å². The molecule has 2 N–H and O–H groups in total. The van der Waals surface area contributed by atoms with Gasteiger partial charge in [0, 0.05) is 11.6 Å². The molecule has 0 saturated carbocycles.